The van der Waals surface area contributed by atoms with Gasteiger partial charge >= 0.3 is 0 Å². The molecule has 0 radical (unpaired) electrons. The molecule has 0 aliphatic carbocycles. The third-order valence-corrected chi connectivity index (χ3v) is 1.89. The first kappa shape index (κ1) is 6.34. The lowest BCUT2D eigenvalue weighted by Gasteiger charge is -1.98. The predicted molar refractivity (Wildman–Crippen MR) is 41.8 cm³/mol. The summed E-state index contributed by atoms with van der Waals surface area (Å²) in [6.07, 6.45) is 3.45. The summed E-state index contributed by atoms with van der Waals surface area (Å²) in [4.78, 5) is 14.6. The number of fused-ring (bicyclic) bond motifs is 1. The van der Waals surface area contributed by atoms with Crippen LogP contribution < -0.4 is 5.32 Å². The molecule has 1 aliphatic heterocycles. The highest BCUT2D eigenvalue weighted by atomic mass is 16.1. The van der Waals surface area contributed by atoms with Crippen LogP contribution >= 0.6 is 0 Å². The molecular formula is C8H8N2O. The van der Waals surface area contributed by atoms with Crippen LogP contribution in [0.3, 0.4) is 0 Å². The number of pyridine rings is 1. The quantitative estimate of drug-likeness (QED) is 0.600. The minimum atomic E-state index is 0.764. The Morgan fingerprint density at radius 1 is 1.64 bits per heavy atom. The number of nitrogens with one attached hydrogen (secondary N) is 1. The maximum Gasteiger partial charge on any atom is 0.150 e. The number of aromatic nitrogens is 1. The van der Waals surface area contributed by atoms with Crippen LogP contribution in [0.4, 0.5) is 5.82 Å². The van der Waals surface area contributed by atoms with Crippen molar-refractivity contribution in [2.45, 2.75) is 6.42 Å². The fraction of sp³-hybridized carbons (Fsp3) is 0.250. The second kappa shape index (κ2) is 2.34. The van der Waals surface area contributed by atoms with Crippen LogP contribution in [0.2, 0.25) is 0 Å². The molecule has 0 atom stereocenters. The number of rotatable bonds is 1. The van der Waals surface area contributed by atoms with Gasteiger partial charge in [-0.25, -0.2) is 4.98 Å². The molecule has 0 spiro atoms. The van der Waals surface area contributed by atoms with Crippen molar-refractivity contribution in [2.24, 2.45) is 0 Å². The molecule has 11 heavy (non-hydrogen) atoms. The lowest BCUT2D eigenvalue weighted by molar-refractivity contribution is 0.112. The zero-order valence-corrected chi connectivity index (χ0v) is 6.00. The third-order valence-electron chi connectivity index (χ3n) is 1.89. The number of carbonyl (C=O) groups excluding carboxylic acids is 1. The summed E-state index contributed by atoms with van der Waals surface area (Å²) < 4.78 is 0. The van der Waals surface area contributed by atoms with E-state index in [0.29, 0.717) is 0 Å². The SMILES string of the molecule is O=Cc1ccnc2c1CCN2. The largest absolute Gasteiger partial charge is 0.369 e. The summed E-state index contributed by atoms with van der Waals surface area (Å²) >= 11 is 0. The summed E-state index contributed by atoms with van der Waals surface area (Å²) in [5.74, 6) is 0.870. The fourth-order valence-corrected chi connectivity index (χ4v) is 1.34. The van der Waals surface area contributed by atoms with Gasteiger partial charge in [-0.05, 0) is 12.5 Å². The molecule has 2 heterocycles. The number of carbonyl (C=O) groups is 1. The van der Waals surface area contributed by atoms with E-state index in [0.717, 1.165) is 36.2 Å². The van der Waals surface area contributed by atoms with Crippen molar-refractivity contribution in [3.8, 4) is 0 Å². The topological polar surface area (TPSA) is 42.0 Å². The Morgan fingerprint density at radius 3 is 3.36 bits per heavy atom. The molecule has 1 aromatic rings. The molecule has 0 unspecified atom stereocenters. The molecule has 3 nitrogen and oxygen atoms in total. The van der Waals surface area contributed by atoms with Crippen LogP contribution in [-0.2, 0) is 6.42 Å². The number of anilines is 1. The molecule has 3 heteroatoms. The molecule has 0 saturated heterocycles. The average molecular weight is 148 g/mol. The summed E-state index contributed by atoms with van der Waals surface area (Å²) in [7, 11) is 0. The van der Waals surface area contributed by atoms with Gasteiger partial charge in [-0.3, -0.25) is 4.79 Å². The zero-order valence-electron chi connectivity index (χ0n) is 6.00. The van der Waals surface area contributed by atoms with Gasteiger partial charge in [0.2, 0.25) is 0 Å². The highest BCUT2D eigenvalue weighted by molar-refractivity contribution is 5.80. The van der Waals surface area contributed by atoms with Crippen LogP contribution in [0.15, 0.2) is 12.3 Å². The zero-order chi connectivity index (χ0) is 7.68. The van der Waals surface area contributed by atoms with Crippen molar-refractivity contribution >= 4 is 12.1 Å². The summed E-state index contributed by atoms with van der Waals surface area (Å²) in [5.41, 5.74) is 1.82. The predicted octanol–water partition coefficient (Wildman–Crippen LogP) is 0.862. The molecule has 0 amide bonds. The molecular weight excluding hydrogens is 140 g/mol. The van der Waals surface area contributed by atoms with E-state index in [9.17, 15) is 4.79 Å². The Bertz CT molecular complexity index is 296. The molecule has 2 rings (SSSR count). The van der Waals surface area contributed by atoms with Gasteiger partial charge in [0, 0.05) is 23.9 Å². The van der Waals surface area contributed by atoms with Gasteiger partial charge in [-0.1, -0.05) is 0 Å². The third kappa shape index (κ3) is 0.888. The van der Waals surface area contributed by atoms with Crippen molar-refractivity contribution in [1.29, 1.82) is 0 Å². The van der Waals surface area contributed by atoms with E-state index in [4.69, 9.17) is 0 Å². The molecule has 0 aromatic carbocycles. The van der Waals surface area contributed by atoms with Crippen molar-refractivity contribution < 1.29 is 4.79 Å². The van der Waals surface area contributed by atoms with E-state index in [1.54, 1.807) is 12.3 Å². The Labute approximate surface area is 64.5 Å². The number of nitrogens with zero attached hydrogens (tertiary/aromatic N) is 1. The molecule has 1 N–H and O–H groups in total. The van der Waals surface area contributed by atoms with E-state index in [-0.39, 0.29) is 0 Å². The maximum atomic E-state index is 10.5. The van der Waals surface area contributed by atoms with Crippen molar-refractivity contribution in [3.05, 3.63) is 23.4 Å². The standard InChI is InChI=1S/C8H8N2O/c11-5-6-1-3-9-8-7(6)2-4-10-8/h1,3,5H,2,4H2,(H,9,10). The molecule has 0 saturated carbocycles. The second-order valence-electron chi connectivity index (χ2n) is 2.52. The first-order chi connectivity index (χ1) is 5.42. The first-order valence-electron chi connectivity index (χ1n) is 3.59. The minimum Gasteiger partial charge on any atom is -0.369 e. The van der Waals surface area contributed by atoms with Crippen LogP contribution in [0.25, 0.3) is 0 Å². The smallest absolute Gasteiger partial charge is 0.150 e. The lowest BCUT2D eigenvalue weighted by atomic mass is 10.1. The summed E-state index contributed by atoms with van der Waals surface area (Å²) in [6.45, 7) is 0.896. The van der Waals surface area contributed by atoms with Gasteiger partial charge in [-0.2, -0.15) is 0 Å². The lowest BCUT2D eigenvalue weighted by Crippen LogP contribution is -1.92. The second-order valence-corrected chi connectivity index (χ2v) is 2.52. The van der Waals surface area contributed by atoms with Crippen LogP contribution in [0, 0.1) is 0 Å². The van der Waals surface area contributed by atoms with Gasteiger partial charge < -0.3 is 5.32 Å². The first-order valence-corrected chi connectivity index (χ1v) is 3.59. The van der Waals surface area contributed by atoms with E-state index in [1.807, 2.05) is 0 Å². The fourth-order valence-electron chi connectivity index (χ4n) is 1.34. The van der Waals surface area contributed by atoms with Crippen LogP contribution in [-0.4, -0.2) is 17.8 Å². The van der Waals surface area contributed by atoms with Crippen molar-refractivity contribution in [3.63, 3.8) is 0 Å². The normalized spacial score (nSPS) is 13.8. The highest BCUT2D eigenvalue weighted by Gasteiger charge is 2.13. The minimum absolute atomic E-state index is 0.764. The van der Waals surface area contributed by atoms with Crippen LogP contribution in [0.5, 0.6) is 0 Å². The molecule has 56 valence electrons. The molecule has 0 fully saturated rings. The van der Waals surface area contributed by atoms with E-state index >= 15 is 0 Å². The van der Waals surface area contributed by atoms with Crippen molar-refractivity contribution in [1.82, 2.24) is 4.98 Å². The highest BCUT2D eigenvalue weighted by Crippen LogP contribution is 2.21. The Morgan fingerprint density at radius 2 is 2.55 bits per heavy atom. The van der Waals surface area contributed by atoms with Crippen molar-refractivity contribution in [2.75, 3.05) is 11.9 Å². The average Bonchev–Trinajstić information content (AvgIpc) is 2.50. The van der Waals surface area contributed by atoms with Crippen LogP contribution in [0.1, 0.15) is 15.9 Å². The number of hydrogen-bond acceptors (Lipinski definition) is 3. The molecule has 1 aliphatic rings. The Kier molecular flexibility index (Phi) is 1.35. The van der Waals surface area contributed by atoms with Gasteiger partial charge in [0.05, 0.1) is 0 Å². The van der Waals surface area contributed by atoms with Gasteiger partial charge in [0.15, 0.2) is 6.29 Å². The Hall–Kier alpha value is -1.38. The molecule has 1 aromatic heterocycles. The number of hydrogen-bond donors (Lipinski definition) is 1. The monoisotopic (exact) mass is 148 g/mol. The van der Waals surface area contributed by atoms with E-state index in [1.165, 1.54) is 0 Å². The van der Waals surface area contributed by atoms with Gasteiger partial charge in [-0.15, -0.1) is 0 Å². The van der Waals surface area contributed by atoms with Gasteiger partial charge in [0.1, 0.15) is 5.82 Å². The number of aldehydes is 1. The Balaban J connectivity index is 2.58. The van der Waals surface area contributed by atoms with Gasteiger partial charge in [0.25, 0.3) is 0 Å². The summed E-state index contributed by atoms with van der Waals surface area (Å²) in [5, 5.41) is 3.10. The van der Waals surface area contributed by atoms with E-state index in [2.05, 4.69) is 10.3 Å². The molecule has 0 bridgehead atoms. The maximum absolute atomic E-state index is 10.5. The van der Waals surface area contributed by atoms with E-state index < -0.39 is 0 Å². The summed E-state index contributed by atoms with van der Waals surface area (Å²) in [6, 6.07) is 1.75.